The van der Waals surface area contributed by atoms with Gasteiger partial charge in [0.25, 0.3) is 5.91 Å². The fourth-order valence-electron chi connectivity index (χ4n) is 3.06. The summed E-state index contributed by atoms with van der Waals surface area (Å²) < 4.78 is 25.9. The number of aromatic nitrogens is 1. The summed E-state index contributed by atoms with van der Waals surface area (Å²) in [6.07, 6.45) is 3.41. The number of hydrogen-bond acceptors (Lipinski definition) is 6. The first kappa shape index (κ1) is 23.7. The number of thiocarbonyl (C=S) groups is 1. The Bertz CT molecular complexity index is 1270. The highest BCUT2D eigenvalue weighted by Crippen LogP contribution is 2.40. The van der Waals surface area contributed by atoms with E-state index in [9.17, 15) is 9.18 Å². The van der Waals surface area contributed by atoms with E-state index < -0.39 is 5.82 Å². The average Bonchev–Trinajstić information content (AvgIpc) is 3.08. The van der Waals surface area contributed by atoms with Crippen LogP contribution in [0.15, 0.2) is 64.1 Å². The van der Waals surface area contributed by atoms with E-state index in [0.29, 0.717) is 36.4 Å². The van der Waals surface area contributed by atoms with Gasteiger partial charge in [-0.15, -0.1) is 0 Å². The molecule has 1 aliphatic heterocycles. The number of rotatable bonds is 6. The van der Waals surface area contributed by atoms with Crippen molar-refractivity contribution in [2.45, 2.75) is 6.61 Å². The van der Waals surface area contributed by atoms with E-state index in [1.807, 2.05) is 24.3 Å². The highest BCUT2D eigenvalue weighted by atomic mass is 79.9. The van der Waals surface area contributed by atoms with Crippen LogP contribution in [0.25, 0.3) is 6.08 Å². The molecular weight excluding hydrogens is 551 g/mol. The van der Waals surface area contributed by atoms with Crippen LogP contribution in [0.1, 0.15) is 11.3 Å². The summed E-state index contributed by atoms with van der Waals surface area (Å²) in [7, 11) is 1.54. The highest BCUT2D eigenvalue weighted by molar-refractivity contribution is 9.10. The number of benzene rings is 2. The van der Waals surface area contributed by atoms with Crippen molar-refractivity contribution in [2.75, 3.05) is 12.0 Å². The first-order chi connectivity index (χ1) is 15.9. The van der Waals surface area contributed by atoms with E-state index in [-0.39, 0.29) is 17.5 Å². The Labute approximate surface area is 212 Å². The molecule has 1 amide bonds. The molecule has 0 atom stereocenters. The summed E-state index contributed by atoms with van der Waals surface area (Å²) >= 11 is 15.9. The zero-order chi connectivity index (χ0) is 23.5. The predicted molar refractivity (Wildman–Crippen MR) is 136 cm³/mol. The van der Waals surface area contributed by atoms with Gasteiger partial charge in [0.1, 0.15) is 12.4 Å². The Morgan fingerprint density at radius 1 is 1.27 bits per heavy atom. The van der Waals surface area contributed by atoms with Gasteiger partial charge in [-0.05, 0) is 70.0 Å². The Kier molecular flexibility index (Phi) is 7.33. The molecule has 10 heteroatoms. The number of carbonyl (C=O) groups excluding carboxylic acids is 1. The van der Waals surface area contributed by atoms with Crippen LogP contribution >= 0.6 is 51.5 Å². The maximum absolute atomic E-state index is 13.5. The van der Waals surface area contributed by atoms with E-state index >= 15 is 0 Å². The molecule has 1 aromatic heterocycles. The number of pyridine rings is 1. The highest BCUT2D eigenvalue weighted by Gasteiger charge is 2.33. The number of carbonyl (C=O) groups is 1. The molecule has 2 aromatic carbocycles. The minimum atomic E-state index is -0.566. The third-order valence-corrected chi connectivity index (χ3v) is 6.78. The van der Waals surface area contributed by atoms with Gasteiger partial charge in [-0.3, -0.25) is 14.7 Å². The van der Waals surface area contributed by atoms with Crippen LogP contribution in [0.2, 0.25) is 5.02 Å². The van der Waals surface area contributed by atoms with Gasteiger partial charge >= 0.3 is 0 Å². The third kappa shape index (κ3) is 5.22. The summed E-state index contributed by atoms with van der Waals surface area (Å²) in [5.74, 6) is 0.128. The molecule has 4 rings (SSSR count). The summed E-state index contributed by atoms with van der Waals surface area (Å²) in [4.78, 5) is 19.0. The van der Waals surface area contributed by atoms with Crippen LogP contribution in [-0.2, 0) is 11.4 Å². The lowest BCUT2D eigenvalue weighted by Gasteiger charge is -2.15. The summed E-state index contributed by atoms with van der Waals surface area (Å²) in [5.41, 5.74) is 1.89. The molecule has 1 aliphatic rings. The van der Waals surface area contributed by atoms with Gasteiger partial charge in [-0.1, -0.05) is 41.6 Å². The van der Waals surface area contributed by atoms with Gasteiger partial charge in [0.15, 0.2) is 15.8 Å². The molecule has 2 heterocycles. The Hall–Kier alpha value is -2.46. The first-order valence-corrected chi connectivity index (χ1v) is 11.9. The Morgan fingerprint density at radius 3 is 2.79 bits per heavy atom. The number of hydrogen-bond donors (Lipinski definition) is 0. The molecule has 0 spiro atoms. The molecule has 0 aliphatic carbocycles. The quantitative estimate of drug-likeness (QED) is 0.247. The standard InChI is InChI=1S/C23H15BrClFN2O3S2/c1-30-19-9-13(8-16(24)21(19)31-12-14-4-2-3-7-27-14)10-20-22(29)28(23(32)33-20)15-5-6-18(26)17(25)11-15/h2-11H,12H2,1H3/b20-10+. The van der Waals surface area contributed by atoms with Gasteiger partial charge in [0, 0.05) is 6.20 Å². The lowest BCUT2D eigenvalue weighted by Crippen LogP contribution is -2.27. The normalized spacial score (nSPS) is 14.8. The molecule has 0 bridgehead atoms. The zero-order valence-corrected chi connectivity index (χ0v) is 21.0. The van der Waals surface area contributed by atoms with Crippen molar-refractivity contribution in [1.82, 2.24) is 4.98 Å². The summed E-state index contributed by atoms with van der Waals surface area (Å²) in [6, 6.07) is 13.2. The second-order valence-corrected chi connectivity index (χ2v) is 9.70. The van der Waals surface area contributed by atoms with E-state index in [4.69, 9.17) is 33.3 Å². The zero-order valence-electron chi connectivity index (χ0n) is 17.1. The van der Waals surface area contributed by atoms with Crippen molar-refractivity contribution in [3.63, 3.8) is 0 Å². The van der Waals surface area contributed by atoms with Crippen LogP contribution in [-0.4, -0.2) is 22.3 Å². The van der Waals surface area contributed by atoms with Gasteiger partial charge < -0.3 is 9.47 Å². The minimum absolute atomic E-state index is 0.0829. The van der Waals surface area contributed by atoms with Crippen molar-refractivity contribution in [1.29, 1.82) is 0 Å². The van der Waals surface area contributed by atoms with E-state index in [1.165, 1.54) is 30.2 Å². The second-order valence-electron chi connectivity index (χ2n) is 6.76. The number of anilines is 1. The fourth-order valence-corrected chi connectivity index (χ4v) is 5.11. The molecule has 0 saturated carbocycles. The minimum Gasteiger partial charge on any atom is -0.493 e. The topological polar surface area (TPSA) is 51.7 Å². The Morgan fingerprint density at radius 2 is 2.09 bits per heavy atom. The second kappa shape index (κ2) is 10.2. The first-order valence-electron chi connectivity index (χ1n) is 9.50. The van der Waals surface area contributed by atoms with Crippen molar-refractivity contribution in [3.8, 4) is 11.5 Å². The van der Waals surface area contributed by atoms with E-state index in [0.717, 1.165) is 17.5 Å². The molecule has 168 valence electrons. The molecule has 33 heavy (non-hydrogen) atoms. The van der Waals surface area contributed by atoms with Gasteiger partial charge in [-0.25, -0.2) is 4.39 Å². The van der Waals surface area contributed by atoms with Crippen molar-refractivity contribution in [2.24, 2.45) is 0 Å². The molecule has 0 radical (unpaired) electrons. The number of ether oxygens (including phenoxy) is 2. The largest absolute Gasteiger partial charge is 0.493 e. The SMILES string of the molecule is COc1cc(/C=C2/SC(=S)N(c3ccc(F)c(Cl)c3)C2=O)cc(Br)c1OCc1ccccn1. The molecule has 0 N–H and O–H groups in total. The Balaban J connectivity index is 1.59. The molecule has 3 aromatic rings. The number of thioether (sulfide) groups is 1. The third-order valence-electron chi connectivity index (χ3n) is 4.60. The molecule has 1 fully saturated rings. The van der Waals surface area contributed by atoms with Crippen molar-refractivity contribution >= 4 is 73.5 Å². The predicted octanol–water partition coefficient (Wildman–Crippen LogP) is 6.63. The lowest BCUT2D eigenvalue weighted by molar-refractivity contribution is -0.113. The van der Waals surface area contributed by atoms with Gasteiger partial charge in [0.05, 0.1) is 32.9 Å². The molecule has 5 nitrogen and oxygen atoms in total. The van der Waals surface area contributed by atoms with Crippen LogP contribution in [0, 0.1) is 5.82 Å². The van der Waals surface area contributed by atoms with E-state index in [2.05, 4.69) is 20.9 Å². The fraction of sp³-hybridized carbons (Fsp3) is 0.0870. The molecule has 1 saturated heterocycles. The average molecular weight is 566 g/mol. The lowest BCUT2D eigenvalue weighted by atomic mass is 10.1. The van der Waals surface area contributed by atoms with Crippen molar-refractivity contribution in [3.05, 3.63) is 86.2 Å². The van der Waals surface area contributed by atoms with Crippen LogP contribution in [0.5, 0.6) is 11.5 Å². The molecule has 0 unspecified atom stereocenters. The smallest absolute Gasteiger partial charge is 0.270 e. The maximum Gasteiger partial charge on any atom is 0.270 e. The number of nitrogens with zero attached hydrogens (tertiary/aromatic N) is 2. The maximum atomic E-state index is 13.5. The molecular formula is C23H15BrClFN2O3S2. The van der Waals surface area contributed by atoms with Gasteiger partial charge in [0.2, 0.25) is 0 Å². The monoisotopic (exact) mass is 564 g/mol. The van der Waals surface area contributed by atoms with Crippen molar-refractivity contribution < 1.29 is 18.7 Å². The number of halogens is 3. The van der Waals surface area contributed by atoms with E-state index in [1.54, 1.807) is 18.3 Å². The number of amides is 1. The number of methoxy groups -OCH3 is 1. The van der Waals surface area contributed by atoms with Gasteiger partial charge in [-0.2, -0.15) is 0 Å². The van der Waals surface area contributed by atoms with Crippen LogP contribution in [0.3, 0.4) is 0 Å². The summed E-state index contributed by atoms with van der Waals surface area (Å²) in [6.45, 7) is 0.272. The summed E-state index contributed by atoms with van der Waals surface area (Å²) in [5, 5.41) is -0.0829. The van der Waals surface area contributed by atoms with Crippen LogP contribution in [0.4, 0.5) is 10.1 Å². The van der Waals surface area contributed by atoms with Crippen LogP contribution < -0.4 is 14.4 Å².